The Morgan fingerprint density at radius 2 is 1.22 bits per heavy atom. The van der Waals surface area contributed by atoms with Crippen LogP contribution in [0.1, 0.15) is 52.7 Å². The number of benzene rings is 7. The largest absolute Gasteiger partial charge is 0.456 e. The van der Waals surface area contributed by atoms with E-state index in [9.17, 15) is 0 Å². The number of furan rings is 1. The van der Waals surface area contributed by atoms with E-state index >= 15 is 0 Å². The van der Waals surface area contributed by atoms with Crippen LogP contribution in [-0.2, 0) is 10.8 Å². The fourth-order valence-electron chi connectivity index (χ4n) is 9.13. The minimum Gasteiger partial charge on any atom is -0.456 e. The van der Waals surface area contributed by atoms with E-state index in [0.717, 1.165) is 56.2 Å². The fourth-order valence-corrected chi connectivity index (χ4v) is 9.13. The Morgan fingerprint density at radius 1 is 0.491 bits per heavy atom. The van der Waals surface area contributed by atoms with Crippen LogP contribution in [0.25, 0.3) is 44.2 Å². The first kappa shape index (κ1) is 32.3. The summed E-state index contributed by atoms with van der Waals surface area (Å²) in [5, 5.41) is 2.23. The van der Waals surface area contributed by atoms with Gasteiger partial charge >= 0.3 is 6.85 Å². The van der Waals surface area contributed by atoms with Gasteiger partial charge in [-0.1, -0.05) is 126 Å². The Bertz CT molecular complexity index is 2890. The molecule has 0 saturated carbocycles. The lowest BCUT2D eigenvalue weighted by Crippen LogP contribution is -2.62. The molecule has 0 spiro atoms. The van der Waals surface area contributed by atoms with Crippen LogP contribution in [0.3, 0.4) is 0 Å². The number of hydrogen-bond acceptors (Lipinski definition) is 4. The zero-order valence-corrected chi connectivity index (χ0v) is 32.1. The summed E-state index contributed by atoms with van der Waals surface area (Å²) in [5.74, 6) is 1.74. The van der Waals surface area contributed by atoms with Gasteiger partial charge in [-0.15, -0.1) is 0 Å². The lowest BCUT2D eigenvalue weighted by atomic mass is 9.43. The van der Waals surface area contributed by atoms with E-state index in [1.807, 2.05) is 0 Å². The van der Waals surface area contributed by atoms with Crippen molar-refractivity contribution in [3.05, 3.63) is 151 Å². The van der Waals surface area contributed by atoms with Gasteiger partial charge in [0.25, 0.3) is 0 Å². The quantitative estimate of drug-likeness (QED) is 0.167. The summed E-state index contributed by atoms with van der Waals surface area (Å²) in [7, 11) is 0. The van der Waals surface area contributed by atoms with Crippen molar-refractivity contribution in [1.29, 1.82) is 0 Å². The fraction of sp³-hybridized carbons (Fsp3) is 0.160. The molecule has 0 aliphatic carbocycles. The minimum absolute atomic E-state index is 0.0225. The van der Waals surface area contributed by atoms with Gasteiger partial charge < -0.3 is 18.9 Å². The molecule has 55 heavy (non-hydrogen) atoms. The Labute approximate surface area is 322 Å². The first-order valence-corrected chi connectivity index (χ1v) is 19.4. The predicted octanol–water partition coefficient (Wildman–Crippen LogP) is 12.7. The van der Waals surface area contributed by atoms with Crippen molar-refractivity contribution in [2.45, 2.75) is 52.4 Å². The first-order chi connectivity index (χ1) is 26.5. The van der Waals surface area contributed by atoms with Crippen LogP contribution >= 0.6 is 0 Å². The van der Waals surface area contributed by atoms with Crippen LogP contribution in [0.4, 0.5) is 28.4 Å². The third kappa shape index (κ3) is 4.65. The molecule has 8 aromatic rings. The first-order valence-electron chi connectivity index (χ1n) is 19.4. The van der Waals surface area contributed by atoms with Crippen LogP contribution in [0.15, 0.2) is 144 Å². The number of ether oxygens (including phenoxy) is 1. The van der Waals surface area contributed by atoms with Gasteiger partial charge in [0.1, 0.15) is 16.9 Å². The third-order valence-corrected chi connectivity index (χ3v) is 11.9. The SMILES string of the molecule is CC(C)(C)c1ccc(N2c3cc4c(cc3B3c5c(cc(C(C)(C)C)cc52)-c2cccc5c2N3c2ccccc2O5)oc2ccccc24)c(-c2ccccc2)c1. The summed E-state index contributed by atoms with van der Waals surface area (Å²) in [4.78, 5) is 5.11. The molecule has 0 N–H and O–H groups in total. The zero-order valence-electron chi connectivity index (χ0n) is 32.1. The molecule has 0 atom stereocenters. The van der Waals surface area contributed by atoms with E-state index in [1.54, 1.807) is 0 Å². The standard InChI is InChI=1S/C50H41BN2O2/c1-49(2,3)31-23-24-39(35(25-31)30-15-8-7-9-16-30)52-41-28-36-33-17-10-12-20-43(33)54-46(36)29-38(41)51-47-37(26-32(27-42(47)52)50(4,5)6)34-18-14-22-45-48(34)53(51)40-19-11-13-21-44(40)55-45/h7-29H,1-6H3. The second-order valence-electron chi connectivity index (χ2n) is 17.4. The lowest BCUT2D eigenvalue weighted by molar-refractivity contribution is 0.478. The summed E-state index contributed by atoms with van der Waals surface area (Å²) in [6.45, 7) is 13.7. The molecule has 266 valence electrons. The van der Waals surface area contributed by atoms with E-state index in [4.69, 9.17) is 9.15 Å². The molecule has 3 aliphatic rings. The van der Waals surface area contributed by atoms with Crippen molar-refractivity contribution in [3.8, 4) is 33.8 Å². The van der Waals surface area contributed by atoms with Crippen LogP contribution in [0, 0.1) is 0 Å². The van der Waals surface area contributed by atoms with Gasteiger partial charge in [-0.2, -0.15) is 0 Å². The highest BCUT2D eigenvalue weighted by atomic mass is 16.5. The molecule has 0 unspecified atom stereocenters. The molecule has 0 radical (unpaired) electrons. The molecule has 1 aromatic heterocycles. The highest BCUT2D eigenvalue weighted by Crippen LogP contribution is 2.56. The van der Waals surface area contributed by atoms with Gasteiger partial charge in [0.15, 0.2) is 5.75 Å². The number of rotatable bonds is 2. The maximum Gasteiger partial charge on any atom is 0.333 e. The minimum atomic E-state index is -0.143. The summed E-state index contributed by atoms with van der Waals surface area (Å²) in [6.07, 6.45) is 0. The van der Waals surface area contributed by atoms with Crippen molar-refractivity contribution in [3.63, 3.8) is 0 Å². The average Bonchev–Trinajstić information content (AvgIpc) is 3.55. The number of para-hydroxylation sites is 4. The molecule has 5 heteroatoms. The second kappa shape index (κ2) is 11.2. The van der Waals surface area contributed by atoms with Crippen LogP contribution < -0.4 is 25.4 Å². The monoisotopic (exact) mass is 712 g/mol. The van der Waals surface area contributed by atoms with Crippen molar-refractivity contribution in [2.24, 2.45) is 0 Å². The van der Waals surface area contributed by atoms with Crippen molar-refractivity contribution in [2.75, 3.05) is 9.71 Å². The lowest BCUT2D eigenvalue weighted by Gasteiger charge is -2.48. The Kier molecular flexibility index (Phi) is 6.55. The molecule has 0 bridgehead atoms. The maximum absolute atomic E-state index is 6.70. The summed E-state index contributed by atoms with van der Waals surface area (Å²) >= 11 is 0. The number of nitrogens with zero attached hydrogens (tertiary/aromatic N) is 2. The zero-order chi connectivity index (χ0) is 37.4. The van der Waals surface area contributed by atoms with E-state index < -0.39 is 0 Å². The molecule has 7 aromatic carbocycles. The topological polar surface area (TPSA) is 28.9 Å². The summed E-state index contributed by atoms with van der Waals surface area (Å²) in [5.41, 5.74) is 17.3. The molecule has 0 amide bonds. The number of anilines is 5. The Hall–Kier alpha value is -6.20. The van der Waals surface area contributed by atoms with Gasteiger partial charge in [0.2, 0.25) is 0 Å². The predicted molar refractivity (Wildman–Crippen MR) is 230 cm³/mol. The molecule has 0 saturated heterocycles. The van der Waals surface area contributed by atoms with Crippen LogP contribution in [-0.4, -0.2) is 6.85 Å². The van der Waals surface area contributed by atoms with Gasteiger partial charge in [-0.25, -0.2) is 0 Å². The van der Waals surface area contributed by atoms with E-state index in [1.165, 1.54) is 50.0 Å². The van der Waals surface area contributed by atoms with Gasteiger partial charge in [-0.3, -0.25) is 0 Å². The molecule has 4 nitrogen and oxygen atoms in total. The highest BCUT2D eigenvalue weighted by molar-refractivity contribution is 6.94. The molecular weight excluding hydrogens is 671 g/mol. The van der Waals surface area contributed by atoms with Gasteiger partial charge in [-0.05, 0) is 98.6 Å². The van der Waals surface area contributed by atoms with E-state index in [0.29, 0.717) is 0 Å². The normalized spacial score (nSPS) is 14.0. The summed E-state index contributed by atoms with van der Waals surface area (Å²) < 4.78 is 13.4. The van der Waals surface area contributed by atoms with Crippen molar-refractivity contribution < 1.29 is 9.15 Å². The van der Waals surface area contributed by atoms with Crippen molar-refractivity contribution >= 4 is 68.1 Å². The molecule has 0 fully saturated rings. The van der Waals surface area contributed by atoms with E-state index in [-0.39, 0.29) is 17.7 Å². The second-order valence-corrected chi connectivity index (χ2v) is 17.4. The van der Waals surface area contributed by atoms with Crippen LogP contribution in [0.5, 0.6) is 11.5 Å². The molecule has 3 aliphatic heterocycles. The average molecular weight is 713 g/mol. The van der Waals surface area contributed by atoms with Gasteiger partial charge in [0, 0.05) is 33.3 Å². The third-order valence-electron chi connectivity index (χ3n) is 11.9. The summed E-state index contributed by atoms with van der Waals surface area (Å²) in [6, 6.07) is 51.1. The smallest absolute Gasteiger partial charge is 0.333 e. The Balaban J connectivity index is 1.32. The molecule has 11 rings (SSSR count). The van der Waals surface area contributed by atoms with Crippen LogP contribution in [0.2, 0.25) is 0 Å². The maximum atomic E-state index is 6.70. The molecular formula is C50H41BN2O2. The number of fused-ring (bicyclic) bond motifs is 9. The van der Waals surface area contributed by atoms with E-state index in [2.05, 4.69) is 191 Å². The highest BCUT2D eigenvalue weighted by Gasteiger charge is 2.49. The molecule has 4 heterocycles. The number of hydrogen-bond donors (Lipinski definition) is 0. The van der Waals surface area contributed by atoms with Gasteiger partial charge in [0.05, 0.1) is 17.1 Å². The van der Waals surface area contributed by atoms with Crippen molar-refractivity contribution in [1.82, 2.24) is 0 Å². The Morgan fingerprint density at radius 3 is 2.04 bits per heavy atom.